The first-order valence-corrected chi connectivity index (χ1v) is 7.38. The Balaban J connectivity index is 1.83. The number of anilines is 1. The Morgan fingerprint density at radius 3 is 2.38 bits per heavy atom. The highest BCUT2D eigenvalue weighted by atomic mass is 19.4. The second-order valence-electron chi connectivity index (χ2n) is 5.46. The number of benzene rings is 1. The van der Waals surface area contributed by atoms with Crippen molar-refractivity contribution in [2.45, 2.75) is 6.18 Å². The van der Waals surface area contributed by atoms with Gasteiger partial charge in [-0.3, -0.25) is 9.48 Å². The summed E-state index contributed by atoms with van der Waals surface area (Å²) in [7, 11) is 1.70. The molecule has 0 spiro atoms. The molecule has 0 radical (unpaired) electrons. The molecule has 0 aliphatic rings. The zero-order valence-electron chi connectivity index (χ0n) is 13.4. The van der Waals surface area contributed by atoms with Crippen molar-refractivity contribution in [3.63, 3.8) is 0 Å². The first-order valence-electron chi connectivity index (χ1n) is 7.38. The molecule has 0 unspecified atom stereocenters. The minimum atomic E-state index is -4.48. The van der Waals surface area contributed by atoms with Gasteiger partial charge in [-0.2, -0.15) is 18.3 Å². The predicted molar refractivity (Wildman–Crippen MR) is 85.8 cm³/mol. The lowest BCUT2D eigenvalue weighted by atomic mass is 10.2. The van der Waals surface area contributed by atoms with E-state index in [1.54, 1.807) is 13.2 Å². The molecule has 3 aromatic rings. The Labute approximate surface area is 145 Å². The summed E-state index contributed by atoms with van der Waals surface area (Å²) in [6.07, 6.45) is -1.32. The van der Waals surface area contributed by atoms with Gasteiger partial charge in [-0.25, -0.2) is 9.37 Å². The van der Waals surface area contributed by atoms with Gasteiger partial charge >= 0.3 is 6.18 Å². The molecule has 1 aromatic carbocycles. The average molecular weight is 364 g/mol. The second kappa shape index (κ2) is 6.58. The van der Waals surface area contributed by atoms with Gasteiger partial charge in [0.15, 0.2) is 11.5 Å². The number of aromatic nitrogens is 3. The van der Waals surface area contributed by atoms with E-state index < -0.39 is 29.2 Å². The molecule has 0 aliphatic heterocycles. The third-order valence-corrected chi connectivity index (χ3v) is 3.53. The molecule has 0 atom stereocenters. The van der Waals surface area contributed by atoms with Crippen molar-refractivity contribution < 1.29 is 22.4 Å². The molecular formula is C17H12F4N4O. The van der Waals surface area contributed by atoms with Gasteiger partial charge in [-0.1, -0.05) is 0 Å². The highest BCUT2D eigenvalue weighted by Gasteiger charge is 2.30. The normalized spacial score (nSPS) is 11.4. The van der Waals surface area contributed by atoms with Gasteiger partial charge in [-0.15, -0.1) is 0 Å². The predicted octanol–water partition coefficient (Wildman–Crippen LogP) is 3.89. The molecule has 5 nitrogen and oxygen atoms in total. The number of alkyl halides is 3. The Bertz CT molecular complexity index is 948. The Kier molecular flexibility index (Phi) is 4.45. The van der Waals surface area contributed by atoms with Gasteiger partial charge in [0.25, 0.3) is 5.91 Å². The topological polar surface area (TPSA) is 59.8 Å². The van der Waals surface area contributed by atoms with Crippen molar-refractivity contribution in [2.75, 3.05) is 5.32 Å². The lowest BCUT2D eigenvalue weighted by Crippen LogP contribution is -2.16. The Hall–Kier alpha value is -3.23. The van der Waals surface area contributed by atoms with Gasteiger partial charge in [0.2, 0.25) is 0 Å². The Morgan fingerprint density at radius 1 is 1.12 bits per heavy atom. The van der Waals surface area contributed by atoms with E-state index in [9.17, 15) is 22.4 Å². The molecule has 0 saturated heterocycles. The van der Waals surface area contributed by atoms with Crippen molar-refractivity contribution >= 4 is 11.6 Å². The fourth-order valence-electron chi connectivity index (χ4n) is 2.25. The van der Waals surface area contributed by atoms with Crippen LogP contribution in [-0.4, -0.2) is 20.7 Å². The van der Waals surface area contributed by atoms with Crippen molar-refractivity contribution in [3.05, 3.63) is 65.9 Å². The molecule has 1 N–H and O–H groups in total. The highest BCUT2D eigenvalue weighted by Crippen LogP contribution is 2.30. The third-order valence-electron chi connectivity index (χ3n) is 3.53. The fourth-order valence-corrected chi connectivity index (χ4v) is 2.25. The molecule has 134 valence electrons. The zero-order valence-corrected chi connectivity index (χ0v) is 13.4. The largest absolute Gasteiger partial charge is 0.416 e. The van der Waals surface area contributed by atoms with Crippen LogP contribution in [0.2, 0.25) is 0 Å². The lowest BCUT2D eigenvalue weighted by Gasteiger charge is -2.09. The van der Waals surface area contributed by atoms with E-state index in [4.69, 9.17) is 0 Å². The van der Waals surface area contributed by atoms with Crippen LogP contribution in [0.3, 0.4) is 0 Å². The maximum Gasteiger partial charge on any atom is 0.416 e. The standard InChI is InChI=1S/C17H12F4N4O/c1-25-9-10(8-22-25)14-7-6-13(18)15(24-14)16(26)23-12-4-2-11(3-5-12)17(19,20)21/h2-9H,1H3,(H,23,26). The molecule has 0 aliphatic carbocycles. The van der Waals surface area contributed by atoms with Crippen molar-refractivity contribution in [3.8, 4) is 11.3 Å². The van der Waals surface area contributed by atoms with E-state index in [1.807, 2.05) is 0 Å². The molecule has 1 amide bonds. The summed E-state index contributed by atoms with van der Waals surface area (Å²) in [6.45, 7) is 0. The zero-order chi connectivity index (χ0) is 18.9. The number of carbonyl (C=O) groups excluding carboxylic acids is 1. The van der Waals surface area contributed by atoms with Crippen LogP contribution in [0.5, 0.6) is 0 Å². The van der Waals surface area contributed by atoms with Crippen LogP contribution < -0.4 is 5.32 Å². The third kappa shape index (κ3) is 3.71. The van der Waals surface area contributed by atoms with Crippen LogP contribution >= 0.6 is 0 Å². The number of pyridine rings is 1. The molecule has 0 fully saturated rings. The van der Waals surface area contributed by atoms with Crippen LogP contribution in [-0.2, 0) is 13.2 Å². The number of amides is 1. The summed E-state index contributed by atoms with van der Waals surface area (Å²) >= 11 is 0. The van der Waals surface area contributed by atoms with E-state index >= 15 is 0 Å². The summed E-state index contributed by atoms with van der Waals surface area (Å²) in [5, 5.41) is 6.31. The SMILES string of the molecule is Cn1cc(-c2ccc(F)c(C(=O)Nc3ccc(C(F)(F)F)cc3)n2)cn1. The van der Waals surface area contributed by atoms with Gasteiger partial charge in [0, 0.05) is 24.5 Å². The molecule has 3 rings (SSSR count). The smallest absolute Gasteiger partial charge is 0.321 e. The number of hydrogen-bond acceptors (Lipinski definition) is 3. The number of halogens is 4. The van der Waals surface area contributed by atoms with Crippen LogP contribution in [0.4, 0.5) is 23.2 Å². The maximum atomic E-state index is 14.0. The minimum absolute atomic E-state index is 0.0935. The number of aryl methyl sites for hydroxylation is 1. The van der Waals surface area contributed by atoms with E-state index in [1.165, 1.54) is 16.9 Å². The summed E-state index contributed by atoms with van der Waals surface area (Å²) in [5.74, 6) is -1.71. The van der Waals surface area contributed by atoms with Crippen LogP contribution in [0.1, 0.15) is 16.1 Å². The first kappa shape index (κ1) is 17.6. The molecule has 0 bridgehead atoms. The lowest BCUT2D eigenvalue weighted by molar-refractivity contribution is -0.137. The van der Waals surface area contributed by atoms with Gasteiger partial charge in [-0.05, 0) is 36.4 Å². The van der Waals surface area contributed by atoms with Crippen molar-refractivity contribution in [2.24, 2.45) is 7.05 Å². The number of rotatable bonds is 3. The van der Waals surface area contributed by atoms with Gasteiger partial charge in [0.05, 0.1) is 17.5 Å². The molecule has 2 heterocycles. The number of nitrogens with one attached hydrogen (secondary N) is 1. The van der Waals surface area contributed by atoms with E-state index in [0.717, 1.165) is 30.3 Å². The average Bonchev–Trinajstić information content (AvgIpc) is 3.01. The second-order valence-corrected chi connectivity index (χ2v) is 5.46. The van der Waals surface area contributed by atoms with E-state index in [2.05, 4.69) is 15.4 Å². The molecular weight excluding hydrogens is 352 g/mol. The summed E-state index contributed by atoms with van der Waals surface area (Å²) < 4.78 is 53.2. The maximum absolute atomic E-state index is 14.0. The van der Waals surface area contributed by atoms with Crippen LogP contribution in [0, 0.1) is 5.82 Å². The quantitative estimate of drug-likeness (QED) is 0.718. The Morgan fingerprint density at radius 2 is 1.81 bits per heavy atom. The minimum Gasteiger partial charge on any atom is -0.321 e. The van der Waals surface area contributed by atoms with Crippen molar-refractivity contribution in [1.29, 1.82) is 0 Å². The molecule has 0 saturated carbocycles. The van der Waals surface area contributed by atoms with Gasteiger partial charge in [0.1, 0.15) is 0 Å². The summed E-state index contributed by atoms with van der Waals surface area (Å²) in [4.78, 5) is 16.2. The van der Waals surface area contributed by atoms with E-state index in [0.29, 0.717) is 11.3 Å². The first-order chi connectivity index (χ1) is 12.2. The van der Waals surface area contributed by atoms with E-state index in [-0.39, 0.29) is 5.69 Å². The summed E-state index contributed by atoms with van der Waals surface area (Å²) in [6, 6.07) is 6.32. The number of hydrogen-bond donors (Lipinski definition) is 1. The van der Waals surface area contributed by atoms with Gasteiger partial charge < -0.3 is 5.32 Å². The number of nitrogens with zero attached hydrogens (tertiary/aromatic N) is 3. The van der Waals surface area contributed by atoms with Crippen LogP contribution in [0.15, 0.2) is 48.8 Å². The summed E-state index contributed by atoms with van der Waals surface area (Å²) in [5.41, 5.74) is -0.284. The molecule has 26 heavy (non-hydrogen) atoms. The van der Waals surface area contributed by atoms with Crippen molar-refractivity contribution in [1.82, 2.24) is 14.8 Å². The van der Waals surface area contributed by atoms with Crippen LogP contribution in [0.25, 0.3) is 11.3 Å². The fraction of sp³-hybridized carbons (Fsp3) is 0.118. The highest BCUT2D eigenvalue weighted by molar-refractivity contribution is 6.03. The number of carbonyl (C=O) groups is 1. The molecule has 2 aromatic heterocycles. The molecule has 9 heteroatoms. The monoisotopic (exact) mass is 364 g/mol.